The normalized spacial score (nSPS) is 18.3. The highest BCUT2D eigenvalue weighted by atomic mass is 35.5. The summed E-state index contributed by atoms with van der Waals surface area (Å²) in [6.07, 6.45) is 4.11. The molecule has 0 spiro atoms. The molecule has 0 radical (unpaired) electrons. The number of nitrogens with zero attached hydrogens (tertiary/aromatic N) is 5. The van der Waals surface area contributed by atoms with Gasteiger partial charge >= 0.3 is 0 Å². The SMILES string of the molecule is OC1CCCN(c2c(-c3c(F)cccc3Cl)cnc3ncnn23)C1. The first-order valence-corrected chi connectivity index (χ1v) is 8.09. The van der Waals surface area contributed by atoms with Gasteiger partial charge in [-0.05, 0) is 25.0 Å². The number of aliphatic hydroxyl groups excluding tert-OH is 1. The van der Waals surface area contributed by atoms with E-state index in [-0.39, 0.29) is 5.56 Å². The van der Waals surface area contributed by atoms with Crippen molar-refractivity contribution in [1.29, 1.82) is 0 Å². The van der Waals surface area contributed by atoms with Crippen LogP contribution in [0, 0.1) is 5.82 Å². The standard InChI is InChI=1S/C16H15ClFN5O/c17-12-4-1-5-13(18)14(12)11-7-19-16-20-9-21-23(16)15(11)22-6-2-3-10(24)8-22/h1,4-5,7,9-10,24H,2-3,6,8H2. The molecule has 3 heterocycles. The zero-order valence-corrected chi connectivity index (χ0v) is 13.5. The molecule has 1 unspecified atom stereocenters. The zero-order chi connectivity index (χ0) is 16.7. The van der Waals surface area contributed by atoms with E-state index in [9.17, 15) is 9.50 Å². The molecule has 2 aromatic heterocycles. The van der Waals surface area contributed by atoms with E-state index >= 15 is 0 Å². The lowest BCUT2D eigenvalue weighted by Gasteiger charge is -2.33. The molecule has 6 nitrogen and oxygen atoms in total. The van der Waals surface area contributed by atoms with Gasteiger partial charge in [0.25, 0.3) is 5.78 Å². The Bertz CT molecular complexity index is 879. The Balaban J connectivity index is 1.97. The van der Waals surface area contributed by atoms with Crippen LogP contribution in [-0.2, 0) is 0 Å². The van der Waals surface area contributed by atoms with Crippen LogP contribution >= 0.6 is 11.6 Å². The van der Waals surface area contributed by atoms with Crippen LogP contribution < -0.4 is 4.90 Å². The lowest BCUT2D eigenvalue weighted by Crippen LogP contribution is -2.39. The van der Waals surface area contributed by atoms with Gasteiger partial charge in [0.05, 0.1) is 11.1 Å². The van der Waals surface area contributed by atoms with Gasteiger partial charge in [0.2, 0.25) is 0 Å². The van der Waals surface area contributed by atoms with Gasteiger partial charge in [0.1, 0.15) is 18.0 Å². The highest BCUT2D eigenvalue weighted by molar-refractivity contribution is 6.33. The third-order valence-electron chi connectivity index (χ3n) is 4.21. The summed E-state index contributed by atoms with van der Waals surface area (Å²) in [5, 5.41) is 14.6. The maximum absolute atomic E-state index is 14.5. The third kappa shape index (κ3) is 2.50. The molecule has 0 amide bonds. The van der Waals surface area contributed by atoms with Gasteiger partial charge in [0, 0.05) is 30.4 Å². The number of hydrogen-bond acceptors (Lipinski definition) is 5. The van der Waals surface area contributed by atoms with E-state index in [0.717, 1.165) is 19.4 Å². The summed E-state index contributed by atoms with van der Waals surface area (Å²) in [5.74, 6) is 0.632. The van der Waals surface area contributed by atoms with Crippen LogP contribution in [0.25, 0.3) is 16.9 Å². The maximum Gasteiger partial charge on any atom is 0.254 e. The van der Waals surface area contributed by atoms with Crippen LogP contribution in [0.15, 0.2) is 30.7 Å². The molecule has 0 bridgehead atoms. The first-order valence-electron chi connectivity index (χ1n) is 7.71. The van der Waals surface area contributed by atoms with Crippen molar-refractivity contribution in [3.63, 3.8) is 0 Å². The van der Waals surface area contributed by atoms with Crippen LogP contribution in [0.4, 0.5) is 10.2 Å². The van der Waals surface area contributed by atoms with E-state index < -0.39 is 11.9 Å². The smallest absolute Gasteiger partial charge is 0.254 e. The molecule has 1 aliphatic heterocycles. The Labute approximate surface area is 142 Å². The highest BCUT2D eigenvalue weighted by Gasteiger charge is 2.26. The molecule has 1 atom stereocenters. The number of piperidine rings is 1. The van der Waals surface area contributed by atoms with E-state index in [1.165, 1.54) is 12.4 Å². The van der Waals surface area contributed by atoms with Gasteiger partial charge in [-0.15, -0.1) is 0 Å². The fraction of sp³-hybridized carbons (Fsp3) is 0.312. The number of rotatable bonds is 2. The molecule has 1 aliphatic rings. The Morgan fingerprint density at radius 3 is 2.96 bits per heavy atom. The number of aromatic nitrogens is 4. The molecule has 3 aromatic rings. The minimum atomic E-state index is -0.436. The number of β-amino-alcohol motifs (C(OH)–C–C–N with tert-alkyl or cyclic N) is 1. The molecule has 124 valence electrons. The van der Waals surface area contributed by atoms with E-state index in [4.69, 9.17) is 11.6 Å². The second-order valence-corrected chi connectivity index (χ2v) is 6.21. The second kappa shape index (κ2) is 5.99. The molecule has 8 heteroatoms. The predicted molar refractivity (Wildman–Crippen MR) is 88.6 cm³/mol. The fourth-order valence-electron chi connectivity index (χ4n) is 3.15. The van der Waals surface area contributed by atoms with Gasteiger partial charge < -0.3 is 10.0 Å². The summed E-state index contributed by atoms with van der Waals surface area (Å²) in [7, 11) is 0. The van der Waals surface area contributed by atoms with Gasteiger partial charge in [-0.1, -0.05) is 17.7 Å². The summed E-state index contributed by atoms with van der Waals surface area (Å²) in [5.41, 5.74) is 0.810. The van der Waals surface area contributed by atoms with Gasteiger partial charge in [-0.2, -0.15) is 14.6 Å². The number of halogens is 2. The molecule has 0 saturated carbocycles. The molecule has 1 saturated heterocycles. The van der Waals surface area contributed by atoms with E-state index in [2.05, 4.69) is 15.1 Å². The molecule has 1 fully saturated rings. The summed E-state index contributed by atoms with van der Waals surface area (Å²) in [6, 6.07) is 4.56. The van der Waals surface area contributed by atoms with Crippen LogP contribution in [0.1, 0.15) is 12.8 Å². The molecule has 1 aromatic carbocycles. The molecule has 1 N–H and O–H groups in total. The maximum atomic E-state index is 14.5. The molecular formula is C16H15ClFN5O. The third-order valence-corrected chi connectivity index (χ3v) is 4.52. The quantitative estimate of drug-likeness (QED) is 0.771. The van der Waals surface area contributed by atoms with Crippen molar-refractivity contribution in [3.05, 3.63) is 41.6 Å². The van der Waals surface area contributed by atoms with Crippen LogP contribution in [0.5, 0.6) is 0 Å². The summed E-state index contributed by atoms with van der Waals surface area (Å²) in [4.78, 5) is 10.3. The van der Waals surface area contributed by atoms with Gasteiger partial charge in [0.15, 0.2) is 0 Å². The number of aliphatic hydroxyl groups is 1. The lowest BCUT2D eigenvalue weighted by atomic mass is 10.0. The van der Waals surface area contributed by atoms with Crippen LogP contribution in [0.2, 0.25) is 5.02 Å². The molecule has 24 heavy (non-hydrogen) atoms. The van der Waals surface area contributed by atoms with Crippen molar-refractivity contribution in [3.8, 4) is 11.1 Å². The molecule has 0 aliphatic carbocycles. The van der Waals surface area contributed by atoms with Crippen molar-refractivity contribution < 1.29 is 9.50 Å². The topological polar surface area (TPSA) is 66.5 Å². The van der Waals surface area contributed by atoms with E-state index in [1.807, 2.05) is 4.90 Å². The van der Waals surface area contributed by atoms with E-state index in [0.29, 0.717) is 28.7 Å². The monoisotopic (exact) mass is 347 g/mol. The Morgan fingerprint density at radius 2 is 2.17 bits per heavy atom. The average molecular weight is 348 g/mol. The lowest BCUT2D eigenvalue weighted by molar-refractivity contribution is 0.153. The first kappa shape index (κ1) is 15.3. The largest absolute Gasteiger partial charge is 0.391 e. The number of anilines is 1. The Kier molecular flexibility index (Phi) is 3.82. The van der Waals surface area contributed by atoms with Gasteiger partial charge in [-0.25, -0.2) is 9.37 Å². The van der Waals surface area contributed by atoms with Gasteiger partial charge in [-0.3, -0.25) is 0 Å². The van der Waals surface area contributed by atoms with Crippen molar-refractivity contribution in [1.82, 2.24) is 19.6 Å². The van der Waals surface area contributed by atoms with Crippen LogP contribution in [0.3, 0.4) is 0 Å². The Hall–Kier alpha value is -2.25. The highest BCUT2D eigenvalue weighted by Crippen LogP contribution is 2.37. The van der Waals surface area contributed by atoms with E-state index in [1.54, 1.807) is 22.8 Å². The minimum absolute atomic E-state index is 0.277. The molecular weight excluding hydrogens is 333 g/mol. The van der Waals surface area contributed by atoms with Crippen molar-refractivity contribution in [2.45, 2.75) is 18.9 Å². The van der Waals surface area contributed by atoms with Crippen molar-refractivity contribution in [2.75, 3.05) is 18.0 Å². The summed E-state index contributed by atoms with van der Waals surface area (Å²) >= 11 is 6.25. The Morgan fingerprint density at radius 1 is 1.29 bits per heavy atom. The number of fused-ring (bicyclic) bond motifs is 1. The fourth-order valence-corrected chi connectivity index (χ4v) is 3.41. The average Bonchev–Trinajstić information content (AvgIpc) is 3.03. The van der Waals surface area contributed by atoms with Crippen LogP contribution in [-0.4, -0.2) is 43.9 Å². The van der Waals surface area contributed by atoms with Crippen molar-refractivity contribution >= 4 is 23.2 Å². The number of hydrogen-bond donors (Lipinski definition) is 1. The summed E-state index contributed by atoms with van der Waals surface area (Å²) in [6.45, 7) is 1.17. The van der Waals surface area contributed by atoms with Crippen molar-refractivity contribution in [2.24, 2.45) is 0 Å². The zero-order valence-electron chi connectivity index (χ0n) is 12.7. The number of benzene rings is 1. The predicted octanol–water partition coefficient (Wildman–Crippen LogP) is 2.54. The minimum Gasteiger partial charge on any atom is -0.391 e. The second-order valence-electron chi connectivity index (χ2n) is 5.81. The summed E-state index contributed by atoms with van der Waals surface area (Å²) < 4.78 is 16.0. The molecule has 4 rings (SSSR count). The first-order chi connectivity index (χ1) is 11.6.